The van der Waals surface area contributed by atoms with Gasteiger partial charge >= 0.3 is 5.97 Å². The van der Waals surface area contributed by atoms with Crippen LogP contribution in [0.25, 0.3) is 0 Å². The van der Waals surface area contributed by atoms with E-state index in [1.807, 2.05) is 0 Å². The molecule has 0 atom stereocenters. The molecule has 1 aromatic rings. The van der Waals surface area contributed by atoms with Gasteiger partial charge in [0.25, 0.3) is 5.91 Å². The Morgan fingerprint density at radius 1 is 1.27 bits per heavy atom. The summed E-state index contributed by atoms with van der Waals surface area (Å²) < 4.78 is 4.85. The molecule has 1 aliphatic rings. The van der Waals surface area contributed by atoms with Gasteiger partial charge in [-0.25, -0.2) is 4.79 Å². The molecule has 1 aliphatic carbocycles. The Bertz CT molecular complexity index is 609. The number of anilines is 1. The van der Waals surface area contributed by atoms with Crippen LogP contribution in [0.2, 0.25) is 0 Å². The zero-order chi connectivity index (χ0) is 16.1. The van der Waals surface area contributed by atoms with Gasteiger partial charge in [0.05, 0.1) is 12.7 Å². The lowest BCUT2D eigenvalue weighted by Gasteiger charge is -2.10. The molecule has 0 saturated carbocycles. The first kappa shape index (κ1) is 16.3. The van der Waals surface area contributed by atoms with Gasteiger partial charge in [0.15, 0.2) is 0 Å². The van der Waals surface area contributed by atoms with Crippen LogP contribution in [-0.2, 0) is 22.4 Å². The molecule has 0 unspecified atom stereocenters. The molecule has 0 saturated heterocycles. The molecule has 0 bridgehead atoms. The van der Waals surface area contributed by atoms with Crippen LogP contribution in [-0.4, -0.2) is 30.0 Å². The zero-order valence-corrected chi connectivity index (χ0v) is 13.2. The molecule has 4 N–H and O–H groups in total. The monoisotopic (exact) mass is 325 g/mol. The van der Waals surface area contributed by atoms with Crippen molar-refractivity contribution in [2.24, 2.45) is 10.9 Å². The minimum absolute atomic E-state index is 0.392. The van der Waals surface area contributed by atoms with Gasteiger partial charge in [0.2, 0.25) is 5.84 Å². The van der Waals surface area contributed by atoms with Crippen LogP contribution in [0.5, 0.6) is 0 Å². The van der Waals surface area contributed by atoms with E-state index in [2.05, 4.69) is 10.5 Å². The van der Waals surface area contributed by atoms with Crippen molar-refractivity contribution in [2.45, 2.75) is 38.5 Å². The molecule has 0 fully saturated rings. The molecule has 0 spiro atoms. The number of thiophene rings is 1. The fourth-order valence-corrected chi connectivity index (χ4v) is 3.81. The summed E-state index contributed by atoms with van der Waals surface area (Å²) in [5.41, 5.74) is 6.61. The molecule has 7 nitrogen and oxygen atoms in total. The van der Waals surface area contributed by atoms with Gasteiger partial charge in [-0.1, -0.05) is 18.0 Å². The second-order valence-corrected chi connectivity index (χ2v) is 6.16. The van der Waals surface area contributed by atoms with Crippen LogP contribution in [0.15, 0.2) is 5.16 Å². The number of methoxy groups -OCH3 is 1. The number of esters is 1. The Morgan fingerprint density at radius 3 is 2.59 bits per heavy atom. The van der Waals surface area contributed by atoms with Crippen molar-refractivity contribution in [3.63, 3.8) is 0 Å². The zero-order valence-electron chi connectivity index (χ0n) is 12.3. The number of nitrogens with two attached hydrogens (primary N) is 1. The molecule has 2 rings (SSSR count). The highest BCUT2D eigenvalue weighted by molar-refractivity contribution is 7.17. The second-order valence-electron chi connectivity index (χ2n) is 5.05. The fraction of sp³-hybridized carbons (Fsp3) is 0.500. The third-order valence-corrected chi connectivity index (χ3v) is 4.84. The number of oxime groups is 1. The number of amidine groups is 1. The Balaban J connectivity index is 2.41. The SMILES string of the molecule is COC(=O)c1c(NC(=O)/C(N)=N\O)sc2c1CCCCCC2. The largest absolute Gasteiger partial charge is 0.465 e. The van der Waals surface area contributed by atoms with E-state index in [-0.39, 0.29) is 0 Å². The molecular formula is C14H19N3O4S. The highest BCUT2D eigenvalue weighted by Crippen LogP contribution is 2.37. The summed E-state index contributed by atoms with van der Waals surface area (Å²) in [5.74, 6) is -1.79. The number of hydrogen-bond donors (Lipinski definition) is 3. The van der Waals surface area contributed by atoms with Gasteiger partial charge in [-0.2, -0.15) is 0 Å². The first-order chi connectivity index (χ1) is 10.6. The lowest BCUT2D eigenvalue weighted by Crippen LogP contribution is -2.30. The van der Waals surface area contributed by atoms with Crippen molar-refractivity contribution in [2.75, 3.05) is 12.4 Å². The van der Waals surface area contributed by atoms with Gasteiger partial charge in [0.1, 0.15) is 5.00 Å². The summed E-state index contributed by atoms with van der Waals surface area (Å²) in [4.78, 5) is 25.0. The number of rotatable bonds is 2. The number of nitrogens with zero attached hydrogens (tertiary/aromatic N) is 1. The molecule has 22 heavy (non-hydrogen) atoms. The van der Waals surface area contributed by atoms with Gasteiger partial charge in [-0.05, 0) is 31.2 Å². The van der Waals surface area contributed by atoms with Crippen LogP contribution in [0.1, 0.15) is 46.5 Å². The summed E-state index contributed by atoms with van der Waals surface area (Å²) in [6.45, 7) is 0. The van der Waals surface area contributed by atoms with Crippen LogP contribution in [0.3, 0.4) is 0 Å². The average molecular weight is 325 g/mol. The normalized spacial score (nSPS) is 15.4. The maximum Gasteiger partial charge on any atom is 0.341 e. The smallest absolute Gasteiger partial charge is 0.341 e. The van der Waals surface area contributed by atoms with E-state index in [0.29, 0.717) is 10.6 Å². The Hall–Kier alpha value is -2.09. The number of nitrogens with one attached hydrogen (secondary N) is 1. The van der Waals surface area contributed by atoms with Crippen LogP contribution in [0, 0.1) is 0 Å². The average Bonchev–Trinajstić information content (AvgIpc) is 2.82. The molecule has 1 heterocycles. The maximum atomic E-state index is 12.1. The van der Waals surface area contributed by atoms with Gasteiger partial charge in [-0.3, -0.25) is 4.79 Å². The van der Waals surface area contributed by atoms with Crippen molar-refractivity contribution in [3.8, 4) is 0 Å². The van der Waals surface area contributed by atoms with Crippen molar-refractivity contribution in [1.82, 2.24) is 0 Å². The van der Waals surface area contributed by atoms with Gasteiger partial charge in [0, 0.05) is 4.88 Å². The summed E-state index contributed by atoms with van der Waals surface area (Å²) in [7, 11) is 1.31. The predicted molar refractivity (Wildman–Crippen MR) is 83.6 cm³/mol. The molecular weight excluding hydrogens is 306 g/mol. The molecule has 0 aliphatic heterocycles. The third-order valence-electron chi connectivity index (χ3n) is 3.63. The maximum absolute atomic E-state index is 12.1. The molecule has 0 aromatic carbocycles. The summed E-state index contributed by atoms with van der Waals surface area (Å²) in [5, 5.41) is 14.2. The molecule has 1 amide bonds. The van der Waals surface area contributed by atoms with E-state index in [1.165, 1.54) is 18.4 Å². The minimum atomic E-state index is -0.748. The van der Waals surface area contributed by atoms with Crippen molar-refractivity contribution in [1.29, 1.82) is 0 Å². The van der Waals surface area contributed by atoms with E-state index in [4.69, 9.17) is 15.7 Å². The quantitative estimate of drug-likeness (QED) is 0.252. The second kappa shape index (κ2) is 7.26. The lowest BCUT2D eigenvalue weighted by atomic mass is 9.96. The lowest BCUT2D eigenvalue weighted by molar-refractivity contribution is -0.110. The number of ether oxygens (including phenoxy) is 1. The van der Waals surface area contributed by atoms with Crippen molar-refractivity contribution >= 4 is 34.0 Å². The van der Waals surface area contributed by atoms with E-state index in [9.17, 15) is 9.59 Å². The van der Waals surface area contributed by atoms with Crippen molar-refractivity contribution < 1.29 is 19.5 Å². The number of amides is 1. The van der Waals surface area contributed by atoms with E-state index >= 15 is 0 Å². The summed E-state index contributed by atoms with van der Waals surface area (Å²) in [6, 6.07) is 0. The first-order valence-corrected chi connectivity index (χ1v) is 7.91. The van der Waals surface area contributed by atoms with E-state index in [0.717, 1.165) is 49.0 Å². The van der Waals surface area contributed by atoms with E-state index < -0.39 is 17.7 Å². The molecule has 8 heteroatoms. The number of hydrogen-bond acceptors (Lipinski definition) is 6. The summed E-state index contributed by atoms with van der Waals surface area (Å²) >= 11 is 1.36. The van der Waals surface area contributed by atoms with Crippen molar-refractivity contribution in [3.05, 3.63) is 16.0 Å². The van der Waals surface area contributed by atoms with Crippen LogP contribution >= 0.6 is 11.3 Å². The van der Waals surface area contributed by atoms with Gasteiger partial charge < -0.3 is 21.0 Å². The highest BCUT2D eigenvalue weighted by Gasteiger charge is 2.26. The predicted octanol–water partition coefficient (Wildman–Crippen LogP) is 1.88. The standard InChI is InChI=1S/C14H19N3O4S/c1-21-14(19)10-8-6-4-2-3-5-7-9(8)22-13(10)16-12(18)11(15)17-20/h20H,2-7H2,1H3,(H2,15,17)(H,16,18). The van der Waals surface area contributed by atoms with E-state index in [1.54, 1.807) is 0 Å². The molecule has 0 radical (unpaired) electrons. The Kier molecular flexibility index (Phi) is 5.37. The summed E-state index contributed by atoms with van der Waals surface area (Å²) in [6.07, 6.45) is 6.01. The first-order valence-electron chi connectivity index (χ1n) is 7.10. The topological polar surface area (TPSA) is 114 Å². The van der Waals surface area contributed by atoms with Gasteiger partial charge in [-0.15, -0.1) is 11.3 Å². The molecule has 120 valence electrons. The number of carbonyl (C=O) groups is 2. The Morgan fingerprint density at radius 2 is 1.95 bits per heavy atom. The number of aryl methyl sites for hydroxylation is 1. The molecule has 1 aromatic heterocycles. The minimum Gasteiger partial charge on any atom is -0.465 e. The highest BCUT2D eigenvalue weighted by atomic mass is 32.1. The van der Waals surface area contributed by atoms with Crippen LogP contribution in [0.4, 0.5) is 5.00 Å². The Labute approximate surface area is 132 Å². The number of carbonyl (C=O) groups excluding carboxylic acids is 2. The van der Waals surface area contributed by atoms with Crippen LogP contribution < -0.4 is 11.1 Å². The number of fused-ring (bicyclic) bond motifs is 1. The fourth-order valence-electron chi connectivity index (χ4n) is 2.54. The third kappa shape index (κ3) is 3.38.